The second-order valence-electron chi connectivity index (χ2n) is 6.14. The normalized spacial score (nSPS) is 10.9. The first-order chi connectivity index (χ1) is 10.3. The minimum Gasteiger partial charge on any atom is -0.506 e. The third kappa shape index (κ3) is 7.99. The van der Waals surface area contributed by atoms with Crippen molar-refractivity contribution < 1.29 is 5.11 Å². The highest BCUT2D eigenvalue weighted by molar-refractivity contribution is 5.57. The van der Waals surface area contributed by atoms with Crippen LogP contribution in [0.5, 0.6) is 5.75 Å². The predicted molar refractivity (Wildman–Crippen MR) is 92.7 cm³/mol. The van der Waals surface area contributed by atoms with Crippen LogP contribution in [0.4, 0.5) is 5.69 Å². The van der Waals surface area contributed by atoms with Gasteiger partial charge in [0.05, 0.1) is 5.69 Å². The van der Waals surface area contributed by atoms with E-state index in [2.05, 4.69) is 6.92 Å². The standard InChI is InChI=1S/C19H33NO/c1-2-3-4-5-6-7-8-9-10-11-12-14-17-15-13-16-18(21)19(17)20/h13,15-16,21H,2-12,14,20H2,1H3. The number of benzene rings is 1. The topological polar surface area (TPSA) is 46.2 Å². The first-order valence-corrected chi connectivity index (χ1v) is 8.82. The summed E-state index contributed by atoms with van der Waals surface area (Å²) in [5, 5.41) is 9.55. The van der Waals surface area contributed by atoms with Crippen LogP contribution in [0.3, 0.4) is 0 Å². The van der Waals surface area contributed by atoms with Gasteiger partial charge in [0.15, 0.2) is 0 Å². The predicted octanol–water partition coefficient (Wildman–Crippen LogP) is 5.83. The van der Waals surface area contributed by atoms with Gasteiger partial charge in [-0.1, -0.05) is 83.3 Å². The SMILES string of the molecule is CCCCCCCCCCCCCc1cccc(O)c1N. The second kappa shape index (κ2) is 11.5. The summed E-state index contributed by atoms with van der Waals surface area (Å²) >= 11 is 0. The molecule has 0 aliphatic rings. The van der Waals surface area contributed by atoms with Crippen molar-refractivity contribution in [1.29, 1.82) is 0 Å². The minimum absolute atomic E-state index is 0.218. The molecule has 0 aliphatic carbocycles. The number of unbranched alkanes of at least 4 members (excludes halogenated alkanes) is 10. The number of nitrogen functional groups attached to an aromatic ring is 1. The Morgan fingerprint density at radius 1 is 0.810 bits per heavy atom. The van der Waals surface area contributed by atoms with Gasteiger partial charge >= 0.3 is 0 Å². The molecule has 0 atom stereocenters. The molecule has 2 nitrogen and oxygen atoms in total. The van der Waals surface area contributed by atoms with Gasteiger partial charge in [-0.05, 0) is 24.5 Å². The lowest BCUT2D eigenvalue weighted by molar-refractivity contribution is 0.477. The van der Waals surface area contributed by atoms with Crippen LogP contribution in [0, 0.1) is 0 Å². The van der Waals surface area contributed by atoms with E-state index < -0.39 is 0 Å². The third-order valence-electron chi connectivity index (χ3n) is 4.22. The zero-order chi connectivity index (χ0) is 15.3. The molecule has 21 heavy (non-hydrogen) atoms. The first kappa shape index (κ1) is 17.9. The summed E-state index contributed by atoms with van der Waals surface area (Å²) in [5.41, 5.74) is 7.51. The van der Waals surface area contributed by atoms with Crippen molar-refractivity contribution in [2.24, 2.45) is 0 Å². The van der Waals surface area contributed by atoms with Crippen LogP contribution >= 0.6 is 0 Å². The Bertz CT molecular complexity index is 376. The molecule has 120 valence electrons. The average molecular weight is 291 g/mol. The summed E-state index contributed by atoms with van der Waals surface area (Å²) in [4.78, 5) is 0. The minimum atomic E-state index is 0.218. The van der Waals surface area contributed by atoms with E-state index in [0.717, 1.165) is 12.0 Å². The van der Waals surface area contributed by atoms with Crippen LogP contribution in [0.25, 0.3) is 0 Å². The van der Waals surface area contributed by atoms with E-state index >= 15 is 0 Å². The number of phenolic OH excluding ortho intramolecular Hbond substituents is 1. The number of aryl methyl sites for hydroxylation is 1. The highest BCUT2D eigenvalue weighted by Crippen LogP contribution is 2.25. The van der Waals surface area contributed by atoms with E-state index in [0.29, 0.717) is 5.69 Å². The maximum Gasteiger partial charge on any atom is 0.138 e. The smallest absolute Gasteiger partial charge is 0.138 e. The quantitative estimate of drug-likeness (QED) is 0.289. The molecule has 3 N–H and O–H groups in total. The van der Waals surface area contributed by atoms with Crippen molar-refractivity contribution in [3.05, 3.63) is 23.8 Å². The largest absolute Gasteiger partial charge is 0.506 e. The fourth-order valence-electron chi connectivity index (χ4n) is 2.80. The van der Waals surface area contributed by atoms with E-state index in [1.54, 1.807) is 6.07 Å². The Labute approximate surface area is 130 Å². The summed E-state index contributed by atoms with van der Waals surface area (Å²) in [6, 6.07) is 5.55. The van der Waals surface area contributed by atoms with Crippen LogP contribution in [0.15, 0.2) is 18.2 Å². The van der Waals surface area contributed by atoms with E-state index in [1.807, 2.05) is 12.1 Å². The lowest BCUT2D eigenvalue weighted by Gasteiger charge is -2.07. The molecule has 1 rings (SSSR count). The van der Waals surface area contributed by atoms with E-state index in [4.69, 9.17) is 5.73 Å². The monoisotopic (exact) mass is 291 g/mol. The molecule has 0 aromatic heterocycles. The van der Waals surface area contributed by atoms with Gasteiger partial charge in [-0.3, -0.25) is 0 Å². The molecule has 0 bridgehead atoms. The molecule has 0 fully saturated rings. The Kier molecular flexibility index (Phi) is 9.77. The number of aromatic hydroxyl groups is 1. The molecule has 2 heteroatoms. The fraction of sp³-hybridized carbons (Fsp3) is 0.684. The van der Waals surface area contributed by atoms with Crippen LogP contribution in [0.1, 0.15) is 83.1 Å². The van der Waals surface area contributed by atoms with E-state index in [9.17, 15) is 5.11 Å². The Balaban J connectivity index is 1.94. The molecule has 0 spiro atoms. The molecule has 1 aromatic carbocycles. The van der Waals surface area contributed by atoms with Crippen molar-refractivity contribution in [3.63, 3.8) is 0 Å². The molecule has 1 aromatic rings. The van der Waals surface area contributed by atoms with Crippen molar-refractivity contribution in [1.82, 2.24) is 0 Å². The zero-order valence-electron chi connectivity index (χ0n) is 13.7. The van der Waals surface area contributed by atoms with E-state index in [-0.39, 0.29) is 5.75 Å². The van der Waals surface area contributed by atoms with Crippen molar-refractivity contribution >= 4 is 5.69 Å². The van der Waals surface area contributed by atoms with Gasteiger partial charge in [-0.25, -0.2) is 0 Å². The van der Waals surface area contributed by atoms with Gasteiger partial charge in [-0.2, -0.15) is 0 Å². The number of anilines is 1. The highest BCUT2D eigenvalue weighted by atomic mass is 16.3. The molecular formula is C19H33NO. The molecule has 0 amide bonds. The number of hydrogen-bond donors (Lipinski definition) is 2. The van der Waals surface area contributed by atoms with Gasteiger partial charge in [-0.15, -0.1) is 0 Å². The molecular weight excluding hydrogens is 258 g/mol. The summed E-state index contributed by atoms with van der Waals surface area (Å²) in [7, 11) is 0. The number of phenols is 1. The van der Waals surface area contributed by atoms with Crippen molar-refractivity contribution in [2.45, 2.75) is 84.0 Å². The number of rotatable bonds is 12. The summed E-state index contributed by atoms with van der Waals surface area (Å²) in [5.74, 6) is 0.218. The lowest BCUT2D eigenvalue weighted by Crippen LogP contribution is -1.95. The molecule has 0 saturated carbocycles. The Morgan fingerprint density at radius 3 is 1.90 bits per heavy atom. The number of para-hydroxylation sites is 1. The molecule has 0 saturated heterocycles. The average Bonchev–Trinajstić information content (AvgIpc) is 2.49. The summed E-state index contributed by atoms with van der Waals surface area (Å²) in [6.45, 7) is 2.27. The third-order valence-corrected chi connectivity index (χ3v) is 4.22. The van der Waals surface area contributed by atoms with Gasteiger partial charge in [0.25, 0.3) is 0 Å². The maximum atomic E-state index is 9.55. The second-order valence-corrected chi connectivity index (χ2v) is 6.14. The van der Waals surface area contributed by atoms with Crippen molar-refractivity contribution in [2.75, 3.05) is 5.73 Å². The Hall–Kier alpha value is -1.18. The Morgan fingerprint density at radius 2 is 1.33 bits per heavy atom. The van der Waals surface area contributed by atoms with Gasteiger partial charge in [0.1, 0.15) is 5.75 Å². The van der Waals surface area contributed by atoms with Crippen molar-refractivity contribution in [3.8, 4) is 5.75 Å². The molecule has 0 radical (unpaired) electrons. The van der Waals surface area contributed by atoms with Crippen LogP contribution in [-0.4, -0.2) is 5.11 Å². The highest BCUT2D eigenvalue weighted by Gasteiger charge is 2.02. The number of nitrogens with two attached hydrogens (primary N) is 1. The fourth-order valence-corrected chi connectivity index (χ4v) is 2.80. The van der Waals surface area contributed by atoms with Crippen LogP contribution in [0.2, 0.25) is 0 Å². The van der Waals surface area contributed by atoms with E-state index in [1.165, 1.54) is 70.6 Å². The lowest BCUT2D eigenvalue weighted by atomic mass is 10.0. The summed E-state index contributed by atoms with van der Waals surface area (Å²) in [6.07, 6.45) is 15.9. The molecule has 0 heterocycles. The maximum absolute atomic E-state index is 9.55. The van der Waals surface area contributed by atoms with Gasteiger partial charge < -0.3 is 10.8 Å². The van der Waals surface area contributed by atoms with Crippen LogP contribution < -0.4 is 5.73 Å². The zero-order valence-corrected chi connectivity index (χ0v) is 13.7. The van der Waals surface area contributed by atoms with Gasteiger partial charge in [0, 0.05) is 0 Å². The van der Waals surface area contributed by atoms with Crippen LogP contribution in [-0.2, 0) is 6.42 Å². The molecule has 0 unspecified atom stereocenters. The van der Waals surface area contributed by atoms with Gasteiger partial charge in [0.2, 0.25) is 0 Å². The number of hydrogen-bond acceptors (Lipinski definition) is 2. The molecule has 0 aliphatic heterocycles. The summed E-state index contributed by atoms with van der Waals surface area (Å²) < 4.78 is 0. The first-order valence-electron chi connectivity index (χ1n) is 8.82.